The Bertz CT molecular complexity index is 638. The van der Waals surface area contributed by atoms with Gasteiger partial charge in [0.05, 0.1) is 6.04 Å². The SMILES string of the molecule is Cc1ccc(C)c([C@H](C)NC(=S)Nc2ccc(Br)cc2)c1. The van der Waals surface area contributed by atoms with Gasteiger partial charge in [-0.05, 0) is 68.4 Å². The minimum absolute atomic E-state index is 0.167. The zero-order valence-corrected chi connectivity index (χ0v) is 14.8. The van der Waals surface area contributed by atoms with E-state index in [1.54, 1.807) is 0 Å². The molecule has 0 amide bonds. The molecule has 110 valence electrons. The third-order valence-electron chi connectivity index (χ3n) is 3.35. The van der Waals surface area contributed by atoms with Crippen LogP contribution in [0.1, 0.15) is 29.7 Å². The summed E-state index contributed by atoms with van der Waals surface area (Å²) in [6, 6.07) is 14.6. The molecule has 2 aromatic rings. The zero-order chi connectivity index (χ0) is 15.4. The van der Waals surface area contributed by atoms with Crippen LogP contribution in [-0.2, 0) is 0 Å². The second kappa shape index (κ2) is 7.05. The molecule has 0 fully saturated rings. The lowest BCUT2D eigenvalue weighted by Gasteiger charge is -2.19. The fourth-order valence-corrected chi connectivity index (χ4v) is 2.76. The molecule has 0 aliphatic heterocycles. The average molecular weight is 363 g/mol. The fourth-order valence-electron chi connectivity index (χ4n) is 2.20. The summed E-state index contributed by atoms with van der Waals surface area (Å²) in [5.41, 5.74) is 4.78. The topological polar surface area (TPSA) is 24.1 Å². The molecule has 0 unspecified atom stereocenters. The molecule has 0 radical (unpaired) electrons. The summed E-state index contributed by atoms with van der Waals surface area (Å²) in [6.45, 7) is 6.35. The van der Waals surface area contributed by atoms with Gasteiger partial charge in [-0.25, -0.2) is 0 Å². The third-order valence-corrected chi connectivity index (χ3v) is 4.10. The van der Waals surface area contributed by atoms with Crippen LogP contribution in [0.15, 0.2) is 46.9 Å². The molecular weight excluding hydrogens is 344 g/mol. The molecule has 1 atom stereocenters. The number of anilines is 1. The number of benzene rings is 2. The molecule has 0 bridgehead atoms. The molecule has 0 heterocycles. The van der Waals surface area contributed by atoms with Gasteiger partial charge < -0.3 is 10.6 Å². The van der Waals surface area contributed by atoms with Gasteiger partial charge >= 0.3 is 0 Å². The van der Waals surface area contributed by atoms with Crippen LogP contribution < -0.4 is 10.6 Å². The Kier molecular flexibility index (Phi) is 5.37. The summed E-state index contributed by atoms with van der Waals surface area (Å²) >= 11 is 8.81. The Morgan fingerprint density at radius 1 is 1.10 bits per heavy atom. The van der Waals surface area contributed by atoms with E-state index in [4.69, 9.17) is 12.2 Å². The summed E-state index contributed by atoms with van der Waals surface area (Å²) in [5, 5.41) is 7.17. The van der Waals surface area contributed by atoms with Crippen LogP contribution in [0.5, 0.6) is 0 Å². The summed E-state index contributed by atoms with van der Waals surface area (Å²) in [5.74, 6) is 0. The normalized spacial score (nSPS) is 11.8. The Balaban J connectivity index is 2.01. The van der Waals surface area contributed by atoms with Gasteiger partial charge in [0.1, 0.15) is 0 Å². The summed E-state index contributed by atoms with van der Waals surface area (Å²) < 4.78 is 1.05. The first-order chi connectivity index (χ1) is 9.95. The number of halogens is 1. The van der Waals surface area contributed by atoms with Crippen molar-refractivity contribution in [2.24, 2.45) is 0 Å². The van der Waals surface area contributed by atoms with Crippen LogP contribution in [0.3, 0.4) is 0 Å². The lowest BCUT2D eigenvalue weighted by atomic mass is 10.0. The predicted octanol–water partition coefficient (Wildman–Crippen LogP) is 5.11. The van der Waals surface area contributed by atoms with Crippen LogP contribution in [-0.4, -0.2) is 5.11 Å². The smallest absolute Gasteiger partial charge is 0.171 e. The molecule has 0 spiro atoms. The van der Waals surface area contributed by atoms with Gasteiger partial charge in [0, 0.05) is 10.2 Å². The third kappa shape index (κ3) is 4.55. The van der Waals surface area contributed by atoms with E-state index in [1.807, 2.05) is 24.3 Å². The predicted molar refractivity (Wildman–Crippen MR) is 97.8 cm³/mol. The number of rotatable bonds is 3. The maximum absolute atomic E-state index is 5.39. The van der Waals surface area contributed by atoms with Crippen molar-refractivity contribution >= 4 is 38.9 Å². The van der Waals surface area contributed by atoms with Gasteiger partial charge in [-0.2, -0.15) is 0 Å². The first-order valence-corrected chi connectivity index (χ1v) is 8.06. The van der Waals surface area contributed by atoms with Gasteiger partial charge in [-0.15, -0.1) is 0 Å². The highest BCUT2D eigenvalue weighted by molar-refractivity contribution is 9.10. The van der Waals surface area contributed by atoms with Gasteiger partial charge in [0.25, 0.3) is 0 Å². The number of nitrogens with one attached hydrogen (secondary N) is 2. The summed E-state index contributed by atoms with van der Waals surface area (Å²) in [6.07, 6.45) is 0. The van der Waals surface area contributed by atoms with E-state index in [9.17, 15) is 0 Å². The number of aryl methyl sites for hydroxylation is 2. The first kappa shape index (κ1) is 16.0. The molecule has 0 saturated heterocycles. The Morgan fingerprint density at radius 3 is 2.43 bits per heavy atom. The van der Waals surface area contributed by atoms with E-state index in [0.29, 0.717) is 5.11 Å². The van der Waals surface area contributed by atoms with Crippen molar-refractivity contribution in [3.05, 3.63) is 63.6 Å². The fraction of sp³-hybridized carbons (Fsp3) is 0.235. The Hall–Kier alpha value is -1.39. The van der Waals surface area contributed by atoms with Crippen LogP contribution in [0.4, 0.5) is 5.69 Å². The minimum Gasteiger partial charge on any atom is -0.356 e. The molecule has 0 aliphatic rings. The molecule has 0 aliphatic carbocycles. The lowest BCUT2D eigenvalue weighted by molar-refractivity contribution is 0.716. The molecule has 2 nitrogen and oxygen atoms in total. The molecule has 0 aromatic heterocycles. The maximum atomic E-state index is 5.39. The van der Waals surface area contributed by atoms with E-state index in [0.717, 1.165) is 10.2 Å². The van der Waals surface area contributed by atoms with E-state index >= 15 is 0 Å². The standard InChI is InChI=1S/C17H19BrN2S/c1-11-4-5-12(2)16(10-11)13(3)19-17(21)20-15-8-6-14(18)7-9-15/h4-10,13H,1-3H3,(H2,19,20,21)/t13-/m0/s1. The van der Waals surface area contributed by atoms with Crippen molar-refractivity contribution in [3.63, 3.8) is 0 Å². The Labute approximate surface area is 140 Å². The van der Waals surface area contributed by atoms with Crippen molar-refractivity contribution in [2.45, 2.75) is 26.8 Å². The number of hydrogen-bond donors (Lipinski definition) is 2. The molecule has 2 N–H and O–H groups in total. The zero-order valence-electron chi connectivity index (χ0n) is 12.4. The number of hydrogen-bond acceptors (Lipinski definition) is 1. The number of thiocarbonyl (C=S) groups is 1. The van der Waals surface area contributed by atoms with E-state index in [1.165, 1.54) is 16.7 Å². The molecule has 0 saturated carbocycles. The van der Waals surface area contributed by atoms with Crippen molar-refractivity contribution in [2.75, 3.05) is 5.32 Å². The second-order valence-electron chi connectivity index (χ2n) is 5.19. The highest BCUT2D eigenvalue weighted by atomic mass is 79.9. The van der Waals surface area contributed by atoms with Crippen molar-refractivity contribution < 1.29 is 0 Å². The van der Waals surface area contributed by atoms with Gasteiger partial charge in [-0.3, -0.25) is 0 Å². The van der Waals surface area contributed by atoms with Crippen LogP contribution in [0, 0.1) is 13.8 Å². The van der Waals surface area contributed by atoms with Crippen molar-refractivity contribution in [3.8, 4) is 0 Å². The average Bonchev–Trinajstić information content (AvgIpc) is 2.44. The minimum atomic E-state index is 0.167. The van der Waals surface area contributed by atoms with Crippen LogP contribution in [0.2, 0.25) is 0 Å². The van der Waals surface area contributed by atoms with Crippen molar-refractivity contribution in [1.82, 2.24) is 5.32 Å². The maximum Gasteiger partial charge on any atom is 0.171 e. The van der Waals surface area contributed by atoms with E-state index in [2.05, 4.69) is 65.5 Å². The summed E-state index contributed by atoms with van der Waals surface area (Å²) in [4.78, 5) is 0. The lowest BCUT2D eigenvalue weighted by Crippen LogP contribution is -2.31. The van der Waals surface area contributed by atoms with Gasteiger partial charge in [-0.1, -0.05) is 39.7 Å². The molecular formula is C17H19BrN2S. The van der Waals surface area contributed by atoms with E-state index in [-0.39, 0.29) is 6.04 Å². The Morgan fingerprint density at radius 2 is 1.76 bits per heavy atom. The monoisotopic (exact) mass is 362 g/mol. The molecule has 2 aromatic carbocycles. The van der Waals surface area contributed by atoms with Crippen LogP contribution >= 0.6 is 28.1 Å². The first-order valence-electron chi connectivity index (χ1n) is 6.86. The highest BCUT2D eigenvalue weighted by Gasteiger charge is 2.10. The largest absolute Gasteiger partial charge is 0.356 e. The van der Waals surface area contributed by atoms with Gasteiger partial charge in [0.15, 0.2) is 5.11 Å². The summed E-state index contributed by atoms with van der Waals surface area (Å²) in [7, 11) is 0. The molecule has 21 heavy (non-hydrogen) atoms. The van der Waals surface area contributed by atoms with E-state index < -0.39 is 0 Å². The highest BCUT2D eigenvalue weighted by Crippen LogP contribution is 2.19. The molecule has 2 rings (SSSR count). The van der Waals surface area contributed by atoms with Crippen molar-refractivity contribution in [1.29, 1.82) is 0 Å². The second-order valence-corrected chi connectivity index (χ2v) is 6.51. The van der Waals surface area contributed by atoms with Gasteiger partial charge in [0.2, 0.25) is 0 Å². The molecule has 4 heteroatoms. The quantitative estimate of drug-likeness (QED) is 0.741. The van der Waals surface area contributed by atoms with Crippen LogP contribution in [0.25, 0.3) is 0 Å².